The summed E-state index contributed by atoms with van der Waals surface area (Å²) in [5, 5.41) is 7.70. The molecule has 1 fully saturated rings. The number of aromatic nitrogens is 3. The molecule has 0 aromatic carbocycles. The minimum Gasteiger partial charge on any atom is -0.460 e. The second kappa shape index (κ2) is 4.42. The molecule has 15 heavy (non-hydrogen) atoms. The molecular formula is C10H15N3O2. The highest BCUT2D eigenvalue weighted by Crippen LogP contribution is 2.28. The molecule has 2 rings (SSSR count). The molecule has 1 aliphatic rings. The van der Waals surface area contributed by atoms with E-state index in [0.717, 1.165) is 12.2 Å². The Morgan fingerprint density at radius 2 is 2.33 bits per heavy atom. The lowest BCUT2D eigenvalue weighted by molar-refractivity contribution is 0.0512. The van der Waals surface area contributed by atoms with Crippen molar-refractivity contribution in [2.24, 2.45) is 5.92 Å². The zero-order valence-electron chi connectivity index (χ0n) is 8.82. The molecular weight excluding hydrogens is 194 g/mol. The fraction of sp³-hybridized carbons (Fsp3) is 0.700. The lowest BCUT2D eigenvalue weighted by Gasteiger charge is -2.23. The molecule has 1 N–H and O–H groups in total. The molecule has 0 amide bonds. The highest BCUT2D eigenvalue weighted by atomic mass is 16.5. The van der Waals surface area contributed by atoms with Crippen LogP contribution in [0.4, 0.5) is 0 Å². The van der Waals surface area contributed by atoms with Gasteiger partial charge >= 0.3 is 5.97 Å². The second-order valence-electron chi connectivity index (χ2n) is 3.84. The number of aromatic amines is 1. The van der Waals surface area contributed by atoms with Gasteiger partial charge in [-0.1, -0.05) is 19.3 Å². The maximum atomic E-state index is 11.3. The van der Waals surface area contributed by atoms with Crippen LogP contribution in [0.1, 0.15) is 42.6 Å². The van der Waals surface area contributed by atoms with Crippen molar-refractivity contribution < 1.29 is 9.53 Å². The van der Waals surface area contributed by atoms with Gasteiger partial charge in [-0.05, 0) is 12.8 Å². The van der Waals surface area contributed by atoms with Crippen molar-refractivity contribution in [1.82, 2.24) is 15.2 Å². The van der Waals surface area contributed by atoms with Crippen LogP contribution in [0.5, 0.6) is 0 Å². The van der Waals surface area contributed by atoms with Gasteiger partial charge in [-0.2, -0.15) is 0 Å². The monoisotopic (exact) mass is 209 g/mol. The van der Waals surface area contributed by atoms with Crippen LogP contribution in [-0.4, -0.2) is 27.8 Å². The molecule has 82 valence electrons. The van der Waals surface area contributed by atoms with E-state index >= 15 is 0 Å². The molecule has 1 aromatic rings. The fourth-order valence-electron chi connectivity index (χ4n) is 1.65. The van der Waals surface area contributed by atoms with E-state index in [-0.39, 0.29) is 5.82 Å². The first-order valence-corrected chi connectivity index (χ1v) is 5.38. The quantitative estimate of drug-likeness (QED) is 0.759. The van der Waals surface area contributed by atoms with Crippen LogP contribution in [0.2, 0.25) is 0 Å². The van der Waals surface area contributed by atoms with Crippen LogP contribution in [0.15, 0.2) is 0 Å². The third-order valence-electron chi connectivity index (χ3n) is 2.71. The third kappa shape index (κ3) is 2.34. The molecule has 0 aliphatic heterocycles. The summed E-state index contributed by atoms with van der Waals surface area (Å²) < 4.78 is 4.81. The van der Waals surface area contributed by atoms with E-state index in [4.69, 9.17) is 4.74 Å². The molecule has 1 aliphatic carbocycles. The standard InChI is InChI=1S/C10H15N3O2/c1-2-15-10(14)9-11-8(12-13-9)6-7-4-3-5-7/h7H,2-6H2,1H3,(H,11,12,13). The molecule has 0 spiro atoms. The summed E-state index contributed by atoms with van der Waals surface area (Å²) in [4.78, 5) is 14.2. The maximum absolute atomic E-state index is 11.3. The number of esters is 1. The first kappa shape index (κ1) is 10.1. The van der Waals surface area contributed by atoms with Gasteiger partial charge in [-0.25, -0.2) is 4.79 Å². The maximum Gasteiger partial charge on any atom is 0.376 e. The van der Waals surface area contributed by atoms with E-state index < -0.39 is 5.97 Å². The smallest absolute Gasteiger partial charge is 0.376 e. The topological polar surface area (TPSA) is 67.9 Å². The Labute approximate surface area is 88.2 Å². The zero-order chi connectivity index (χ0) is 10.7. The first-order valence-electron chi connectivity index (χ1n) is 5.38. The number of nitrogens with zero attached hydrogens (tertiary/aromatic N) is 2. The summed E-state index contributed by atoms with van der Waals surface area (Å²) in [7, 11) is 0. The number of hydrogen-bond donors (Lipinski definition) is 1. The first-order chi connectivity index (χ1) is 7.29. The minimum atomic E-state index is -0.426. The minimum absolute atomic E-state index is 0.214. The number of nitrogens with one attached hydrogen (secondary N) is 1. The average Bonchev–Trinajstić information content (AvgIpc) is 2.60. The molecule has 0 saturated heterocycles. The molecule has 0 radical (unpaired) electrons. The normalized spacial score (nSPS) is 16.1. The van der Waals surface area contributed by atoms with Crippen molar-refractivity contribution >= 4 is 5.97 Å². The number of rotatable bonds is 4. The van der Waals surface area contributed by atoms with E-state index in [1.165, 1.54) is 19.3 Å². The van der Waals surface area contributed by atoms with Crippen molar-refractivity contribution in [1.29, 1.82) is 0 Å². The summed E-state index contributed by atoms with van der Waals surface area (Å²) in [5.41, 5.74) is 0. The average molecular weight is 209 g/mol. The summed E-state index contributed by atoms with van der Waals surface area (Å²) in [6, 6.07) is 0. The van der Waals surface area contributed by atoms with E-state index in [1.54, 1.807) is 6.92 Å². The van der Waals surface area contributed by atoms with Gasteiger partial charge in [-0.15, -0.1) is 10.2 Å². The van der Waals surface area contributed by atoms with E-state index in [9.17, 15) is 4.79 Å². The van der Waals surface area contributed by atoms with Gasteiger partial charge in [0.15, 0.2) is 0 Å². The molecule has 1 heterocycles. The Hall–Kier alpha value is -1.39. The highest BCUT2D eigenvalue weighted by molar-refractivity contribution is 5.84. The van der Waals surface area contributed by atoms with E-state index in [2.05, 4.69) is 15.2 Å². The van der Waals surface area contributed by atoms with Gasteiger partial charge in [0, 0.05) is 6.42 Å². The van der Waals surface area contributed by atoms with Crippen LogP contribution >= 0.6 is 0 Å². The van der Waals surface area contributed by atoms with Gasteiger partial charge in [0.25, 0.3) is 0 Å². The van der Waals surface area contributed by atoms with Crippen LogP contribution in [0.3, 0.4) is 0 Å². The summed E-state index contributed by atoms with van der Waals surface area (Å²) in [5.74, 6) is 1.30. The van der Waals surface area contributed by atoms with Crippen molar-refractivity contribution in [2.45, 2.75) is 32.6 Å². The molecule has 0 unspecified atom stereocenters. The van der Waals surface area contributed by atoms with Crippen LogP contribution < -0.4 is 0 Å². The Morgan fingerprint density at radius 1 is 1.53 bits per heavy atom. The van der Waals surface area contributed by atoms with Gasteiger partial charge in [0.05, 0.1) is 6.61 Å². The number of ether oxygens (including phenoxy) is 1. The number of carbonyl (C=O) groups is 1. The van der Waals surface area contributed by atoms with Gasteiger partial charge in [0.2, 0.25) is 5.82 Å². The summed E-state index contributed by atoms with van der Waals surface area (Å²) in [6.07, 6.45) is 4.72. The fourth-order valence-corrected chi connectivity index (χ4v) is 1.65. The molecule has 5 nitrogen and oxygen atoms in total. The Balaban J connectivity index is 1.93. The molecule has 0 bridgehead atoms. The summed E-state index contributed by atoms with van der Waals surface area (Å²) >= 11 is 0. The van der Waals surface area contributed by atoms with Crippen molar-refractivity contribution in [3.63, 3.8) is 0 Å². The molecule has 0 atom stereocenters. The molecule has 1 aromatic heterocycles. The van der Waals surface area contributed by atoms with Crippen LogP contribution in [0.25, 0.3) is 0 Å². The van der Waals surface area contributed by atoms with Crippen LogP contribution in [-0.2, 0) is 11.2 Å². The lowest BCUT2D eigenvalue weighted by Crippen LogP contribution is -2.14. The number of H-pyrrole nitrogens is 1. The second-order valence-corrected chi connectivity index (χ2v) is 3.84. The highest BCUT2D eigenvalue weighted by Gasteiger charge is 2.20. The Bertz CT molecular complexity index is 344. The van der Waals surface area contributed by atoms with E-state index in [0.29, 0.717) is 12.5 Å². The predicted octanol–water partition coefficient (Wildman–Crippen LogP) is 1.32. The van der Waals surface area contributed by atoms with Crippen molar-refractivity contribution in [2.75, 3.05) is 6.61 Å². The lowest BCUT2D eigenvalue weighted by atomic mass is 9.83. The summed E-state index contributed by atoms with van der Waals surface area (Å²) in [6.45, 7) is 2.13. The molecule has 5 heteroatoms. The number of hydrogen-bond acceptors (Lipinski definition) is 4. The van der Waals surface area contributed by atoms with Gasteiger partial charge in [-0.3, -0.25) is 0 Å². The molecule has 1 saturated carbocycles. The Morgan fingerprint density at radius 3 is 2.93 bits per heavy atom. The predicted molar refractivity (Wildman–Crippen MR) is 53.4 cm³/mol. The Kier molecular flexibility index (Phi) is 2.99. The van der Waals surface area contributed by atoms with Crippen LogP contribution in [0, 0.1) is 5.92 Å². The third-order valence-corrected chi connectivity index (χ3v) is 2.71. The van der Waals surface area contributed by atoms with Crippen molar-refractivity contribution in [3.8, 4) is 0 Å². The zero-order valence-corrected chi connectivity index (χ0v) is 8.82. The van der Waals surface area contributed by atoms with Gasteiger partial charge < -0.3 is 9.72 Å². The van der Waals surface area contributed by atoms with E-state index in [1.807, 2.05) is 0 Å². The van der Waals surface area contributed by atoms with Crippen molar-refractivity contribution in [3.05, 3.63) is 11.6 Å². The largest absolute Gasteiger partial charge is 0.460 e. The van der Waals surface area contributed by atoms with Gasteiger partial charge in [0.1, 0.15) is 5.82 Å². The SMILES string of the molecule is CCOC(=O)c1nnc(CC2CCC2)[nH]1. The number of carbonyl (C=O) groups excluding carboxylic acids is 1.